The molecule has 0 unspecified atom stereocenters. The lowest BCUT2D eigenvalue weighted by molar-refractivity contribution is 0.587. The van der Waals surface area contributed by atoms with E-state index in [1.54, 1.807) is 63.6 Å². The monoisotopic (exact) mass is 512 g/mol. The standard InChI is InChI=1S/C21H23Cl2N4O3PS/c1-13(2)32(29,30)18-11-6-5-8-15(18)25-20-14(22)12-24-21(27-20)26-16-9-7-10-17(19(16)23)31(3,4)28/h5-13H,1-4H3,(H2,24,25,26,27). The highest BCUT2D eigenvalue weighted by Crippen LogP contribution is 2.40. The van der Waals surface area contributed by atoms with Crippen molar-refractivity contribution in [2.75, 3.05) is 24.0 Å². The van der Waals surface area contributed by atoms with Gasteiger partial charge in [0.15, 0.2) is 15.7 Å². The maximum atomic E-state index is 12.7. The molecular weight excluding hydrogens is 490 g/mol. The summed E-state index contributed by atoms with van der Waals surface area (Å²) in [6.45, 7) is 6.52. The summed E-state index contributed by atoms with van der Waals surface area (Å²) in [7, 11) is -6.12. The Hall–Kier alpha value is -2.12. The van der Waals surface area contributed by atoms with Gasteiger partial charge in [-0.3, -0.25) is 0 Å². The minimum atomic E-state index is -3.53. The Morgan fingerprint density at radius 2 is 1.62 bits per heavy atom. The van der Waals surface area contributed by atoms with Crippen LogP contribution in [0.3, 0.4) is 0 Å². The molecule has 0 aliphatic heterocycles. The Morgan fingerprint density at radius 3 is 2.28 bits per heavy atom. The zero-order valence-electron chi connectivity index (χ0n) is 17.9. The van der Waals surface area contributed by atoms with Gasteiger partial charge < -0.3 is 15.2 Å². The van der Waals surface area contributed by atoms with Gasteiger partial charge in [-0.2, -0.15) is 4.98 Å². The van der Waals surface area contributed by atoms with Crippen LogP contribution in [0.4, 0.5) is 23.1 Å². The van der Waals surface area contributed by atoms with Gasteiger partial charge in [-0.25, -0.2) is 13.4 Å². The Bertz CT molecular complexity index is 1310. The molecule has 2 aromatic carbocycles. The molecule has 7 nitrogen and oxygen atoms in total. The first-order chi connectivity index (χ1) is 14.9. The summed E-state index contributed by atoms with van der Waals surface area (Å²) in [4.78, 5) is 8.69. The molecule has 0 saturated carbocycles. The molecule has 0 radical (unpaired) electrons. The van der Waals surface area contributed by atoms with Crippen LogP contribution in [-0.2, 0) is 14.4 Å². The van der Waals surface area contributed by atoms with E-state index in [1.165, 1.54) is 12.3 Å². The quantitative estimate of drug-likeness (QED) is 0.391. The van der Waals surface area contributed by atoms with Crippen molar-refractivity contribution in [3.63, 3.8) is 0 Å². The lowest BCUT2D eigenvalue weighted by Gasteiger charge is -2.16. The number of hydrogen-bond donors (Lipinski definition) is 2. The van der Waals surface area contributed by atoms with Crippen molar-refractivity contribution >= 4 is 68.6 Å². The van der Waals surface area contributed by atoms with Crippen molar-refractivity contribution in [1.29, 1.82) is 0 Å². The zero-order chi connectivity index (χ0) is 23.7. The average Bonchev–Trinajstić information content (AvgIpc) is 2.71. The van der Waals surface area contributed by atoms with E-state index >= 15 is 0 Å². The number of aromatic nitrogens is 2. The fourth-order valence-electron chi connectivity index (χ4n) is 2.87. The normalized spacial score (nSPS) is 12.1. The van der Waals surface area contributed by atoms with Gasteiger partial charge in [0.2, 0.25) is 5.95 Å². The van der Waals surface area contributed by atoms with Crippen molar-refractivity contribution in [2.24, 2.45) is 0 Å². The third-order valence-corrected chi connectivity index (χ3v) is 9.18. The minimum Gasteiger partial charge on any atom is -0.338 e. The number of halogens is 2. The van der Waals surface area contributed by atoms with Gasteiger partial charge >= 0.3 is 0 Å². The van der Waals surface area contributed by atoms with E-state index < -0.39 is 22.2 Å². The molecule has 0 atom stereocenters. The van der Waals surface area contributed by atoms with Gasteiger partial charge in [-0.1, -0.05) is 41.4 Å². The molecule has 0 spiro atoms. The highest BCUT2D eigenvalue weighted by molar-refractivity contribution is 7.92. The summed E-state index contributed by atoms with van der Waals surface area (Å²) in [6, 6.07) is 11.7. The molecule has 3 aromatic rings. The van der Waals surface area contributed by atoms with Crippen LogP contribution in [0, 0.1) is 0 Å². The summed E-state index contributed by atoms with van der Waals surface area (Å²) in [5, 5.41) is 6.49. The maximum absolute atomic E-state index is 12.7. The van der Waals surface area contributed by atoms with Gasteiger partial charge in [0.1, 0.15) is 12.2 Å². The molecule has 11 heteroatoms. The van der Waals surface area contributed by atoms with E-state index in [9.17, 15) is 13.0 Å². The molecular formula is C21H23Cl2N4O3PS. The van der Waals surface area contributed by atoms with E-state index in [-0.39, 0.29) is 21.7 Å². The van der Waals surface area contributed by atoms with E-state index in [2.05, 4.69) is 20.6 Å². The number of nitrogens with zero attached hydrogens (tertiary/aromatic N) is 2. The third-order valence-electron chi connectivity index (χ3n) is 4.62. The van der Waals surface area contributed by atoms with Crippen molar-refractivity contribution in [2.45, 2.75) is 24.0 Å². The van der Waals surface area contributed by atoms with Crippen molar-refractivity contribution in [1.82, 2.24) is 9.97 Å². The number of benzene rings is 2. The predicted octanol–water partition coefficient (Wildman–Crippen LogP) is 5.70. The van der Waals surface area contributed by atoms with Crippen LogP contribution in [0.2, 0.25) is 10.0 Å². The number of nitrogens with one attached hydrogen (secondary N) is 2. The smallest absolute Gasteiger partial charge is 0.229 e. The topological polar surface area (TPSA) is 101 Å². The summed E-state index contributed by atoms with van der Waals surface area (Å²) in [6.07, 6.45) is 1.39. The van der Waals surface area contributed by atoms with E-state index in [0.717, 1.165) is 0 Å². The summed E-state index contributed by atoms with van der Waals surface area (Å²) in [5.41, 5.74) is 0.842. The molecule has 1 aromatic heterocycles. The van der Waals surface area contributed by atoms with Gasteiger partial charge in [0.25, 0.3) is 0 Å². The Morgan fingerprint density at radius 1 is 0.969 bits per heavy atom. The minimum absolute atomic E-state index is 0.150. The molecule has 0 saturated heterocycles. The van der Waals surface area contributed by atoms with E-state index in [1.807, 2.05) is 0 Å². The van der Waals surface area contributed by atoms with Crippen molar-refractivity contribution in [3.05, 3.63) is 58.7 Å². The lowest BCUT2D eigenvalue weighted by atomic mass is 10.3. The molecule has 170 valence electrons. The fourth-order valence-corrected chi connectivity index (χ4v) is 6.03. The molecule has 0 bridgehead atoms. The number of rotatable bonds is 7. The number of para-hydroxylation sites is 1. The summed E-state index contributed by atoms with van der Waals surface area (Å²) in [5.74, 6) is 0.404. The largest absolute Gasteiger partial charge is 0.338 e. The highest BCUT2D eigenvalue weighted by Gasteiger charge is 2.23. The Kier molecular flexibility index (Phi) is 7.20. The second kappa shape index (κ2) is 9.40. The zero-order valence-corrected chi connectivity index (χ0v) is 21.1. The van der Waals surface area contributed by atoms with Crippen LogP contribution in [0.25, 0.3) is 0 Å². The second-order valence-corrected chi connectivity index (χ2v) is 14.2. The Labute approximate surface area is 197 Å². The predicted molar refractivity (Wildman–Crippen MR) is 133 cm³/mol. The number of hydrogen-bond acceptors (Lipinski definition) is 7. The van der Waals surface area contributed by atoms with Gasteiger partial charge in [0, 0.05) is 5.30 Å². The molecule has 3 rings (SSSR count). The SMILES string of the molecule is CC(C)S(=O)(=O)c1ccccc1Nc1nc(Nc2cccc(P(C)(C)=O)c2Cl)ncc1Cl. The molecule has 0 amide bonds. The first-order valence-electron chi connectivity index (χ1n) is 9.65. The second-order valence-electron chi connectivity index (χ2n) is 7.72. The van der Waals surface area contributed by atoms with Gasteiger partial charge in [-0.15, -0.1) is 0 Å². The van der Waals surface area contributed by atoms with Gasteiger partial charge in [0.05, 0.1) is 32.7 Å². The lowest BCUT2D eigenvalue weighted by Crippen LogP contribution is -2.15. The molecule has 0 aliphatic rings. The molecule has 32 heavy (non-hydrogen) atoms. The molecule has 1 heterocycles. The van der Waals surface area contributed by atoms with Crippen LogP contribution < -0.4 is 15.9 Å². The van der Waals surface area contributed by atoms with E-state index in [4.69, 9.17) is 23.2 Å². The first kappa shape index (κ1) is 24.5. The highest BCUT2D eigenvalue weighted by atomic mass is 35.5. The summed E-state index contributed by atoms with van der Waals surface area (Å²) < 4.78 is 37.9. The van der Waals surface area contributed by atoms with Crippen LogP contribution >= 0.6 is 30.3 Å². The average molecular weight is 513 g/mol. The fraction of sp³-hybridized carbons (Fsp3) is 0.238. The van der Waals surface area contributed by atoms with Crippen LogP contribution in [0.5, 0.6) is 0 Å². The molecule has 0 fully saturated rings. The van der Waals surface area contributed by atoms with Crippen LogP contribution in [0.15, 0.2) is 53.6 Å². The number of sulfone groups is 1. The molecule has 0 aliphatic carbocycles. The van der Waals surface area contributed by atoms with Crippen molar-refractivity contribution < 1.29 is 13.0 Å². The third kappa shape index (κ3) is 5.26. The van der Waals surface area contributed by atoms with Crippen LogP contribution in [-0.4, -0.2) is 37.0 Å². The van der Waals surface area contributed by atoms with Crippen LogP contribution in [0.1, 0.15) is 13.8 Å². The van der Waals surface area contributed by atoms with E-state index in [0.29, 0.717) is 21.7 Å². The molecule has 2 N–H and O–H groups in total. The summed E-state index contributed by atoms with van der Waals surface area (Å²) >= 11 is 12.7. The Balaban J connectivity index is 1.97. The maximum Gasteiger partial charge on any atom is 0.229 e. The first-order valence-corrected chi connectivity index (χ1v) is 14.5. The number of anilines is 4. The van der Waals surface area contributed by atoms with Gasteiger partial charge in [-0.05, 0) is 51.4 Å². The van der Waals surface area contributed by atoms with Crippen molar-refractivity contribution in [3.8, 4) is 0 Å².